The van der Waals surface area contributed by atoms with Crippen LogP contribution in [-0.4, -0.2) is 15.2 Å². The average molecular weight is 261 g/mol. The van der Waals surface area contributed by atoms with Crippen molar-refractivity contribution < 1.29 is 4.39 Å². The molecular weight excluding hydrogens is 253 g/mol. The van der Waals surface area contributed by atoms with Gasteiger partial charge in [0, 0.05) is 5.56 Å². The highest BCUT2D eigenvalue weighted by atomic mass is 32.1. The lowest BCUT2D eigenvalue weighted by Gasteiger charge is -2.00. The zero-order valence-corrected chi connectivity index (χ0v) is 10.2. The first kappa shape index (κ1) is 11.0. The first-order valence-corrected chi connectivity index (χ1v) is 6.08. The average Bonchev–Trinajstić information content (AvgIpc) is 2.74. The summed E-state index contributed by atoms with van der Waals surface area (Å²) >= 11 is 1.40. The van der Waals surface area contributed by atoms with Crippen molar-refractivity contribution in [1.82, 2.24) is 15.2 Å². The fourth-order valence-electron chi connectivity index (χ4n) is 1.76. The summed E-state index contributed by atoms with van der Waals surface area (Å²) < 4.78 is 13.6. The molecule has 4 nitrogen and oxygen atoms in total. The zero-order chi connectivity index (χ0) is 12.7. The van der Waals surface area contributed by atoms with Gasteiger partial charge in [-0.3, -0.25) is 4.79 Å². The molecule has 2 heterocycles. The minimum Gasteiger partial charge on any atom is -0.265 e. The van der Waals surface area contributed by atoms with Gasteiger partial charge in [-0.25, -0.2) is 14.5 Å². The van der Waals surface area contributed by atoms with Crippen LogP contribution in [0.25, 0.3) is 21.5 Å². The fraction of sp³-hybridized carbons (Fsp3) is 0.0833. The maximum absolute atomic E-state index is 12.9. The number of thiazole rings is 1. The molecule has 18 heavy (non-hydrogen) atoms. The van der Waals surface area contributed by atoms with Crippen LogP contribution in [0.4, 0.5) is 4.39 Å². The lowest BCUT2D eigenvalue weighted by molar-refractivity contribution is 0.628. The van der Waals surface area contributed by atoms with Crippen LogP contribution in [-0.2, 0) is 0 Å². The Kier molecular flexibility index (Phi) is 2.45. The van der Waals surface area contributed by atoms with Gasteiger partial charge in [0.2, 0.25) is 0 Å². The van der Waals surface area contributed by atoms with Crippen molar-refractivity contribution in [1.29, 1.82) is 0 Å². The van der Waals surface area contributed by atoms with Crippen molar-refractivity contribution in [3.63, 3.8) is 0 Å². The number of H-pyrrole nitrogens is 1. The van der Waals surface area contributed by atoms with Crippen LogP contribution in [0.1, 0.15) is 5.01 Å². The lowest BCUT2D eigenvalue weighted by Crippen LogP contribution is -2.09. The quantitative estimate of drug-likeness (QED) is 0.732. The first-order valence-electron chi connectivity index (χ1n) is 5.27. The highest BCUT2D eigenvalue weighted by Crippen LogP contribution is 2.28. The van der Waals surface area contributed by atoms with Crippen LogP contribution < -0.4 is 5.56 Å². The number of aromatic amines is 1. The van der Waals surface area contributed by atoms with Gasteiger partial charge in [0.1, 0.15) is 11.5 Å². The van der Waals surface area contributed by atoms with Gasteiger partial charge in [0.25, 0.3) is 5.56 Å². The van der Waals surface area contributed by atoms with Gasteiger partial charge in [0.05, 0.1) is 9.71 Å². The molecular formula is C12H8FN3OS. The second-order valence-corrected chi connectivity index (χ2v) is 5.02. The lowest BCUT2D eigenvalue weighted by atomic mass is 10.1. The third-order valence-corrected chi connectivity index (χ3v) is 3.53. The van der Waals surface area contributed by atoms with Gasteiger partial charge in [0.15, 0.2) is 5.52 Å². The Balaban J connectivity index is 2.32. The van der Waals surface area contributed by atoms with Crippen LogP contribution >= 0.6 is 11.3 Å². The van der Waals surface area contributed by atoms with E-state index in [-0.39, 0.29) is 11.4 Å². The van der Waals surface area contributed by atoms with E-state index in [0.717, 1.165) is 15.3 Å². The van der Waals surface area contributed by atoms with Crippen LogP contribution in [0.5, 0.6) is 0 Å². The summed E-state index contributed by atoms with van der Waals surface area (Å²) in [5.41, 5.74) is 1.45. The molecule has 90 valence electrons. The standard InChI is InChI=1S/C12H8FN3OS/c1-6-14-10-11(18-6)9(15-16-12(10)17)7-2-4-8(13)5-3-7/h2-5H,1H3,(H,16,17). The Hall–Kier alpha value is -2.08. The van der Waals surface area contributed by atoms with E-state index in [1.165, 1.54) is 23.5 Å². The van der Waals surface area contributed by atoms with Crippen molar-refractivity contribution >= 4 is 21.6 Å². The minimum absolute atomic E-state index is 0.305. The molecule has 0 saturated carbocycles. The minimum atomic E-state index is -0.306. The third kappa shape index (κ3) is 1.70. The Bertz CT molecular complexity index is 776. The molecule has 3 aromatic rings. The Morgan fingerprint density at radius 3 is 2.72 bits per heavy atom. The molecule has 0 aliphatic heterocycles. The second-order valence-electron chi connectivity index (χ2n) is 3.82. The predicted molar refractivity (Wildman–Crippen MR) is 68.2 cm³/mol. The molecule has 0 aliphatic carbocycles. The molecule has 0 spiro atoms. The van der Waals surface area contributed by atoms with E-state index in [9.17, 15) is 9.18 Å². The third-order valence-electron chi connectivity index (χ3n) is 2.55. The number of nitrogens with one attached hydrogen (secondary N) is 1. The van der Waals surface area contributed by atoms with Gasteiger partial charge < -0.3 is 0 Å². The number of halogens is 1. The molecule has 6 heteroatoms. The molecule has 0 amide bonds. The number of rotatable bonds is 1. The van der Waals surface area contributed by atoms with Crippen molar-refractivity contribution in [2.75, 3.05) is 0 Å². The van der Waals surface area contributed by atoms with E-state index >= 15 is 0 Å². The van der Waals surface area contributed by atoms with Crippen molar-refractivity contribution in [2.45, 2.75) is 6.92 Å². The van der Waals surface area contributed by atoms with Crippen molar-refractivity contribution in [2.24, 2.45) is 0 Å². The number of hydrogen-bond donors (Lipinski definition) is 1. The SMILES string of the molecule is Cc1nc2c(=O)[nH]nc(-c3ccc(F)cc3)c2s1. The summed E-state index contributed by atoms with van der Waals surface area (Å²) in [7, 11) is 0. The van der Waals surface area contributed by atoms with Crippen LogP contribution in [0.3, 0.4) is 0 Å². The summed E-state index contributed by atoms with van der Waals surface area (Å²) in [5.74, 6) is -0.306. The van der Waals surface area contributed by atoms with Crippen LogP contribution in [0.2, 0.25) is 0 Å². The molecule has 1 aromatic carbocycles. The molecule has 0 atom stereocenters. The topological polar surface area (TPSA) is 58.6 Å². The largest absolute Gasteiger partial charge is 0.291 e. The highest BCUT2D eigenvalue weighted by molar-refractivity contribution is 7.19. The maximum atomic E-state index is 12.9. The first-order chi connectivity index (χ1) is 8.65. The fourth-order valence-corrected chi connectivity index (χ4v) is 2.68. The molecule has 0 aliphatic rings. The number of aromatic nitrogens is 3. The molecule has 0 unspecified atom stereocenters. The number of hydrogen-bond acceptors (Lipinski definition) is 4. The normalized spacial score (nSPS) is 11.0. The van der Waals surface area contributed by atoms with Gasteiger partial charge in [-0.15, -0.1) is 11.3 Å². The summed E-state index contributed by atoms with van der Waals surface area (Å²) in [6.45, 7) is 1.83. The Labute approximate surface area is 105 Å². The van der Waals surface area contributed by atoms with E-state index in [0.29, 0.717) is 11.2 Å². The van der Waals surface area contributed by atoms with Gasteiger partial charge >= 0.3 is 0 Å². The van der Waals surface area contributed by atoms with Gasteiger partial charge in [-0.05, 0) is 31.2 Å². The smallest absolute Gasteiger partial charge is 0.265 e. The van der Waals surface area contributed by atoms with Crippen molar-refractivity contribution in [3.05, 3.63) is 45.4 Å². The monoisotopic (exact) mass is 261 g/mol. The number of aryl methyl sites for hydroxylation is 1. The summed E-state index contributed by atoms with van der Waals surface area (Å²) in [5, 5.41) is 7.24. The second kappa shape index (κ2) is 3.99. The van der Waals surface area contributed by atoms with Crippen LogP contribution in [0, 0.1) is 12.7 Å². The van der Waals surface area contributed by atoms with Crippen LogP contribution in [0.15, 0.2) is 29.1 Å². The Morgan fingerprint density at radius 1 is 1.28 bits per heavy atom. The van der Waals surface area contributed by atoms with Crippen molar-refractivity contribution in [3.8, 4) is 11.3 Å². The van der Waals surface area contributed by atoms with Gasteiger partial charge in [-0.1, -0.05) is 0 Å². The molecule has 2 aromatic heterocycles. The predicted octanol–water partition coefficient (Wildman–Crippen LogP) is 2.49. The number of fused-ring (bicyclic) bond motifs is 1. The molecule has 0 radical (unpaired) electrons. The molecule has 0 saturated heterocycles. The molecule has 0 bridgehead atoms. The van der Waals surface area contributed by atoms with E-state index < -0.39 is 0 Å². The van der Waals surface area contributed by atoms with E-state index in [1.807, 2.05) is 6.92 Å². The molecule has 0 fully saturated rings. The zero-order valence-electron chi connectivity index (χ0n) is 9.40. The molecule has 3 rings (SSSR count). The highest BCUT2D eigenvalue weighted by Gasteiger charge is 2.12. The van der Waals surface area contributed by atoms with E-state index in [2.05, 4.69) is 15.2 Å². The van der Waals surface area contributed by atoms with E-state index in [1.54, 1.807) is 12.1 Å². The van der Waals surface area contributed by atoms with Gasteiger partial charge in [-0.2, -0.15) is 5.10 Å². The summed E-state index contributed by atoms with van der Waals surface area (Å²) in [6.07, 6.45) is 0. The summed E-state index contributed by atoms with van der Waals surface area (Å²) in [6, 6.07) is 5.98. The Morgan fingerprint density at radius 2 is 2.00 bits per heavy atom. The number of nitrogens with zero attached hydrogens (tertiary/aromatic N) is 2. The van der Waals surface area contributed by atoms with E-state index in [4.69, 9.17) is 0 Å². The number of benzene rings is 1. The summed E-state index contributed by atoms with van der Waals surface area (Å²) in [4.78, 5) is 15.8. The maximum Gasteiger partial charge on any atom is 0.291 e. The molecule has 1 N–H and O–H groups in total.